The molecule has 1 saturated heterocycles. The second-order valence-corrected chi connectivity index (χ2v) is 3.67. The Kier molecular flexibility index (Phi) is 3.71. The first-order chi connectivity index (χ1) is 6.11. The lowest BCUT2D eigenvalue weighted by Gasteiger charge is -2.27. The van der Waals surface area contributed by atoms with Gasteiger partial charge in [-0.1, -0.05) is 15.9 Å². The van der Waals surface area contributed by atoms with E-state index in [0.717, 1.165) is 0 Å². The Hall–Kier alpha value is -0.580. The molecule has 0 saturated carbocycles. The van der Waals surface area contributed by atoms with Crippen LogP contribution in [0.25, 0.3) is 0 Å². The van der Waals surface area contributed by atoms with Gasteiger partial charge in [-0.3, -0.25) is 4.79 Å². The number of carbonyl (C=O) groups is 2. The van der Waals surface area contributed by atoms with E-state index in [2.05, 4.69) is 15.9 Å². The van der Waals surface area contributed by atoms with E-state index >= 15 is 0 Å². The largest absolute Gasteiger partial charge is 0.508 e. The molecule has 0 spiro atoms. The maximum absolute atomic E-state index is 10.8. The summed E-state index contributed by atoms with van der Waals surface area (Å²) in [6, 6.07) is 0. The Morgan fingerprint density at radius 1 is 1.54 bits per heavy atom. The van der Waals surface area contributed by atoms with E-state index in [1.807, 2.05) is 0 Å². The first-order valence-corrected chi connectivity index (χ1v) is 5.16. The second kappa shape index (κ2) is 4.60. The summed E-state index contributed by atoms with van der Waals surface area (Å²) in [5, 5.41) is 0.580. The minimum atomic E-state index is -0.679. The summed E-state index contributed by atoms with van der Waals surface area (Å²) in [6.45, 7) is 1.48. The Bertz CT molecular complexity index is 214. The van der Waals surface area contributed by atoms with Gasteiger partial charge in [0.15, 0.2) is 0 Å². The monoisotopic (exact) mass is 250 g/mol. The smallest absolute Gasteiger partial charge is 0.430 e. The number of cyclic esters (lactones) is 2. The van der Waals surface area contributed by atoms with Crippen molar-refractivity contribution < 1.29 is 19.1 Å². The first kappa shape index (κ1) is 10.5. The fourth-order valence-electron chi connectivity index (χ4n) is 1.23. The van der Waals surface area contributed by atoms with Crippen LogP contribution < -0.4 is 0 Å². The summed E-state index contributed by atoms with van der Waals surface area (Å²) in [7, 11) is 0. The van der Waals surface area contributed by atoms with E-state index in [-0.39, 0.29) is 24.4 Å². The lowest BCUT2D eigenvalue weighted by atomic mass is 10.1. The van der Waals surface area contributed by atoms with Gasteiger partial charge >= 0.3 is 6.16 Å². The molecule has 74 valence electrons. The third kappa shape index (κ3) is 3.34. The van der Waals surface area contributed by atoms with E-state index in [9.17, 15) is 9.59 Å². The third-order valence-electron chi connectivity index (χ3n) is 1.74. The number of hydrogen-bond acceptors (Lipinski definition) is 4. The van der Waals surface area contributed by atoms with Crippen molar-refractivity contribution in [1.82, 2.24) is 0 Å². The normalized spacial score (nSPS) is 27.7. The van der Waals surface area contributed by atoms with Gasteiger partial charge in [0.2, 0.25) is 0 Å². The quantitative estimate of drug-likeness (QED) is 0.565. The van der Waals surface area contributed by atoms with Crippen LogP contribution >= 0.6 is 15.9 Å². The molecular formula is C8H11BrO4. The summed E-state index contributed by atoms with van der Waals surface area (Å²) in [6.07, 6.45) is -0.316. The second-order valence-electron chi connectivity index (χ2n) is 3.03. The molecule has 0 N–H and O–H groups in total. The van der Waals surface area contributed by atoms with Crippen LogP contribution in [0.5, 0.6) is 0 Å². The predicted molar refractivity (Wildman–Crippen MR) is 48.9 cm³/mol. The number of ketones is 1. The summed E-state index contributed by atoms with van der Waals surface area (Å²) < 4.78 is 9.65. The van der Waals surface area contributed by atoms with Crippen LogP contribution in [-0.4, -0.2) is 29.5 Å². The lowest BCUT2D eigenvalue weighted by molar-refractivity contribution is -0.121. The van der Waals surface area contributed by atoms with Gasteiger partial charge in [0.05, 0.1) is 0 Å². The molecule has 1 fully saturated rings. The van der Waals surface area contributed by atoms with Crippen molar-refractivity contribution >= 4 is 27.9 Å². The SMILES string of the molecule is CC(=O)C[C@H]1C[C@@H](CBr)OC(=O)O1. The van der Waals surface area contributed by atoms with Gasteiger partial charge in [-0.2, -0.15) is 0 Å². The molecule has 1 aliphatic rings. The van der Waals surface area contributed by atoms with E-state index in [0.29, 0.717) is 11.8 Å². The minimum Gasteiger partial charge on any atom is -0.430 e. The van der Waals surface area contributed by atoms with Gasteiger partial charge < -0.3 is 9.47 Å². The van der Waals surface area contributed by atoms with E-state index in [1.165, 1.54) is 6.92 Å². The van der Waals surface area contributed by atoms with Crippen LogP contribution in [-0.2, 0) is 14.3 Å². The van der Waals surface area contributed by atoms with Crippen LogP contribution in [0, 0.1) is 0 Å². The van der Waals surface area contributed by atoms with Crippen LogP contribution in [0.1, 0.15) is 19.8 Å². The molecule has 0 radical (unpaired) electrons. The molecule has 0 aliphatic carbocycles. The van der Waals surface area contributed by atoms with E-state index in [1.54, 1.807) is 0 Å². The molecule has 0 unspecified atom stereocenters. The Morgan fingerprint density at radius 3 is 2.69 bits per heavy atom. The summed E-state index contributed by atoms with van der Waals surface area (Å²) in [4.78, 5) is 21.6. The number of rotatable bonds is 3. The van der Waals surface area contributed by atoms with Crippen LogP contribution in [0.15, 0.2) is 0 Å². The highest BCUT2D eigenvalue weighted by Crippen LogP contribution is 2.19. The van der Waals surface area contributed by atoms with Crippen LogP contribution in [0.2, 0.25) is 0 Å². The zero-order valence-electron chi connectivity index (χ0n) is 7.29. The molecule has 5 heteroatoms. The molecule has 4 nitrogen and oxygen atoms in total. The van der Waals surface area contributed by atoms with Gasteiger partial charge in [0.25, 0.3) is 0 Å². The van der Waals surface area contributed by atoms with Gasteiger partial charge in [-0.25, -0.2) is 4.79 Å². The molecule has 0 bridgehead atoms. The van der Waals surface area contributed by atoms with Crippen LogP contribution in [0.3, 0.4) is 0 Å². The zero-order valence-corrected chi connectivity index (χ0v) is 8.87. The van der Waals surface area contributed by atoms with Gasteiger partial charge in [-0.15, -0.1) is 0 Å². The summed E-state index contributed by atoms with van der Waals surface area (Å²) >= 11 is 3.21. The van der Waals surface area contributed by atoms with Gasteiger partial charge in [0, 0.05) is 18.2 Å². The molecule has 0 aromatic rings. The molecule has 13 heavy (non-hydrogen) atoms. The third-order valence-corrected chi connectivity index (χ3v) is 2.46. The van der Waals surface area contributed by atoms with Crippen molar-refractivity contribution in [3.8, 4) is 0 Å². The number of carbonyl (C=O) groups excluding carboxylic acids is 2. The van der Waals surface area contributed by atoms with Gasteiger partial charge in [-0.05, 0) is 6.92 Å². The molecule has 0 aromatic carbocycles. The Morgan fingerprint density at radius 2 is 2.15 bits per heavy atom. The average Bonchev–Trinajstić information content (AvgIpc) is 2.01. The molecule has 0 aromatic heterocycles. The number of Topliss-reactive ketones (excluding diaryl/α,β-unsaturated/α-hetero) is 1. The zero-order chi connectivity index (χ0) is 9.84. The topological polar surface area (TPSA) is 52.6 Å². The van der Waals surface area contributed by atoms with Crippen molar-refractivity contribution in [1.29, 1.82) is 0 Å². The number of hydrogen-bond donors (Lipinski definition) is 0. The standard InChI is InChI=1S/C8H11BrO4/c1-5(10)2-6-3-7(4-9)13-8(11)12-6/h6-7H,2-4H2,1H3/t6-,7-/m0/s1. The Labute approximate surface area is 84.7 Å². The average molecular weight is 251 g/mol. The molecule has 1 rings (SSSR count). The van der Waals surface area contributed by atoms with Crippen molar-refractivity contribution in [3.63, 3.8) is 0 Å². The summed E-state index contributed by atoms with van der Waals surface area (Å²) in [5.74, 6) is 0.0213. The molecule has 2 atom stereocenters. The highest BCUT2D eigenvalue weighted by molar-refractivity contribution is 9.09. The highest BCUT2D eigenvalue weighted by Gasteiger charge is 2.29. The van der Waals surface area contributed by atoms with Crippen LogP contribution in [0.4, 0.5) is 4.79 Å². The van der Waals surface area contributed by atoms with Crippen molar-refractivity contribution in [3.05, 3.63) is 0 Å². The molecule has 1 heterocycles. The highest BCUT2D eigenvalue weighted by atomic mass is 79.9. The fourth-order valence-corrected chi connectivity index (χ4v) is 1.63. The van der Waals surface area contributed by atoms with Crippen molar-refractivity contribution in [2.45, 2.75) is 32.0 Å². The maximum atomic E-state index is 10.8. The van der Waals surface area contributed by atoms with E-state index < -0.39 is 6.16 Å². The molecule has 0 amide bonds. The van der Waals surface area contributed by atoms with Gasteiger partial charge in [0.1, 0.15) is 18.0 Å². The fraction of sp³-hybridized carbons (Fsp3) is 0.750. The number of alkyl halides is 1. The maximum Gasteiger partial charge on any atom is 0.508 e. The lowest BCUT2D eigenvalue weighted by Crippen LogP contribution is -2.36. The Balaban J connectivity index is 2.47. The van der Waals surface area contributed by atoms with Crippen molar-refractivity contribution in [2.75, 3.05) is 5.33 Å². The first-order valence-electron chi connectivity index (χ1n) is 4.04. The summed E-state index contributed by atoms with van der Waals surface area (Å²) in [5.41, 5.74) is 0. The number of ether oxygens (including phenoxy) is 2. The van der Waals surface area contributed by atoms with Crippen molar-refractivity contribution in [2.24, 2.45) is 0 Å². The number of halogens is 1. The minimum absolute atomic E-state index is 0.0213. The predicted octanol–water partition coefficient (Wildman–Crippen LogP) is 1.65. The molecule has 1 aliphatic heterocycles. The molecular weight excluding hydrogens is 240 g/mol. The van der Waals surface area contributed by atoms with E-state index in [4.69, 9.17) is 9.47 Å².